The Bertz CT molecular complexity index is 1180. The lowest BCUT2D eigenvalue weighted by Gasteiger charge is -2.37. The highest BCUT2D eigenvalue weighted by Gasteiger charge is 2.30. The number of hydrogen-bond acceptors (Lipinski definition) is 4. The minimum atomic E-state index is -0.492. The van der Waals surface area contributed by atoms with Crippen molar-refractivity contribution in [1.29, 1.82) is 0 Å². The monoisotopic (exact) mass is 509 g/mol. The highest BCUT2D eigenvalue weighted by atomic mass is 19.1. The van der Waals surface area contributed by atoms with Crippen LogP contribution in [0.2, 0.25) is 0 Å². The standard InChI is InChI=1S/C29H36FN3O4/c1-29(2,3)33(20-25-9-7-15-31(25)19-22-8-6-10-26(18-22)37-5)27(34)21-32(16-17-36-4)28(35)23-11-13-24(30)14-12-23/h6-15,18H,16-17,19-21H2,1-5H3. The first-order valence-electron chi connectivity index (χ1n) is 12.2. The number of halogens is 1. The van der Waals surface area contributed by atoms with Crippen molar-refractivity contribution in [3.63, 3.8) is 0 Å². The Kier molecular flexibility index (Phi) is 9.47. The van der Waals surface area contributed by atoms with Crippen molar-refractivity contribution in [1.82, 2.24) is 14.4 Å². The van der Waals surface area contributed by atoms with E-state index in [1.807, 2.05) is 63.4 Å². The van der Waals surface area contributed by atoms with Gasteiger partial charge in [-0.2, -0.15) is 0 Å². The molecule has 0 N–H and O–H groups in total. The molecule has 1 heterocycles. The van der Waals surface area contributed by atoms with E-state index in [0.717, 1.165) is 17.0 Å². The molecule has 198 valence electrons. The molecule has 1 aromatic heterocycles. The van der Waals surface area contributed by atoms with E-state index in [2.05, 4.69) is 4.57 Å². The van der Waals surface area contributed by atoms with Crippen LogP contribution in [0.15, 0.2) is 66.9 Å². The van der Waals surface area contributed by atoms with Crippen molar-refractivity contribution >= 4 is 11.8 Å². The number of aromatic nitrogens is 1. The second-order valence-corrected chi connectivity index (χ2v) is 9.86. The second-order valence-electron chi connectivity index (χ2n) is 9.86. The first-order chi connectivity index (χ1) is 17.6. The average molecular weight is 510 g/mol. The normalized spacial score (nSPS) is 11.3. The lowest BCUT2D eigenvalue weighted by Crippen LogP contribution is -2.50. The van der Waals surface area contributed by atoms with Crippen molar-refractivity contribution < 1.29 is 23.5 Å². The minimum Gasteiger partial charge on any atom is -0.497 e. The number of hydrogen-bond donors (Lipinski definition) is 0. The molecule has 0 unspecified atom stereocenters. The quantitative estimate of drug-likeness (QED) is 0.379. The summed E-state index contributed by atoms with van der Waals surface area (Å²) in [5, 5.41) is 0. The van der Waals surface area contributed by atoms with Crippen LogP contribution in [-0.4, -0.2) is 65.6 Å². The molecule has 2 aromatic carbocycles. The van der Waals surface area contributed by atoms with Gasteiger partial charge in [-0.1, -0.05) is 12.1 Å². The zero-order valence-corrected chi connectivity index (χ0v) is 22.2. The first-order valence-corrected chi connectivity index (χ1v) is 12.2. The summed E-state index contributed by atoms with van der Waals surface area (Å²) in [7, 11) is 3.18. The van der Waals surface area contributed by atoms with Crippen LogP contribution in [0.5, 0.6) is 5.75 Å². The number of carbonyl (C=O) groups is 2. The molecule has 7 nitrogen and oxygen atoms in total. The molecule has 8 heteroatoms. The third-order valence-electron chi connectivity index (χ3n) is 6.11. The van der Waals surface area contributed by atoms with Gasteiger partial charge in [-0.3, -0.25) is 9.59 Å². The van der Waals surface area contributed by atoms with Crippen LogP contribution in [-0.2, 0) is 22.6 Å². The van der Waals surface area contributed by atoms with Crippen molar-refractivity contribution in [2.24, 2.45) is 0 Å². The van der Waals surface area contributed by atoms with E-state index in [4.69, 9.17) is 9.47 Å². The van der Waals surface area contributed by atoms with Gasteiger partial charge < -0.3 is 23.8 Å². The maximum atomic E-state index is 13.6. The predicted molar refractivity (Wildman–Crippen MR) is 141 cm³/mol. The molecule has 0 aliphatic rings. The molecule has 2 amide bonds. The van der Waals surface area contributed by atoms with E-state index in [1.165, 1.54) is 29.2 Å². The number of methoxy groups -OCH3 is 2. The summed E-state index contributed by atoms with van der Waals surface area (Å²) in [6.45, 7) is 7.33. The summed E-state index contributed by atoms with van der Waals surface area (Å²) >= 11 is 0. The first kappa shape index (κ1) is 27.9. The number of benzene rings is 2. The Morgan fingerprint density at radius 1 is 1.00 bits per heavy atom. The molecule has 0 saturated carbocycles. The Hall–Kier alpha value is -3.65. The van der Waals surface area contributed by atoms with Gasteiger partial charge in [-0.15, -0.1) is 0 Å². The zero-order valence-electron chi connectivity index (χ0n) is 22.2. The summed E-state index contributed by atoms with van der Waals surface area (Å²) in [4.78, 5) is 30.0. The Morgan fingerprint density at radius 2 is 1.73 bits per heavy atom. The van der Waals surface area contributed by atoms with Crippen LogP contribution >= 0.6 is 0 Å². The summed E-state index contributed by atoms with van der Waals surface area (Å²) in [5.41, 5.74) is 1.88. The van der Waals surface area contributed by atoms with Crippen LogP contribution in [0.4, 0.5) is 4.39 Å². The van der Waals surface area contributed by atoms with Crippen LogP contribution < -0.4 is 4.74 Å². The van der Waals surface area contributed by atoms with Crippen LogP contribution in [0, 0.1) is 5.82 Å². The molecule has 0 radical (unpaired) electrons. The summed E-state index contributed by atoms with van der Waals surface area (Å²) in [6.07, 6.45) is 1.99. The number of nitrogens with zero attached hydrogens (tertiary/aromatic N) is 3. The van der Waals surface area contributed by atoms with Crippen molar-refractivity contribution in [2.75, 3.05) is 33.9 Å². The second kappa shape index (κ2) is 12.5. The third-order valence-corrected chi connectivity index (χ3v) is 6.11. The molecule has 37 heavy (non-hydrogen) atoms. The maximum Gasteiger partial charge on any atom is 0.254 e. The average Bonchev–Trinajstić information content (AvgIpc) is 3.30. The van der Waals surface area contributed by atoms with Gasteiger partial charge in [0.2, 0.25) is 5.91 Å². The van der Waals surface area contributed by atoms with Crippen LogP contribution in [0.25, 0.3) is 0 Å². The zero-order chi connectivity index (χ0) is 27.0. The fourth-order valence-electron chi connectivity index (χ4n) is 4.05. The summed E-state index contributed by atoms with van der Waals surface area (Å²) < 4.78 is 26.0. The minimum absolute atomic E-state index is 0.118. The van der Waals surface area contributed by atoms with E-state index >= 15 is 0 Å². The van der Waals surface area contributed by atoms with E-state index in [0.29, 0.717) is 18.7 Å². The maximum absolute atomic E-state index is 13.6. The molecule has 0 aliphatic heterocycles. The lowest BCUT2D eigenvalue weighted by molar-refractivity contribution is -0.137. The number of rotatable bonds is 11. The number of carbonyl (C=O) groups excluding carboxylic acids is 2. The third kappa shape index (κ3) is 7.67. The van der Waals surface area contributed by atoms with Gasteiger partial charge >= 0.3 is 0 Å². The summed E-state index contributed by atoms with van der Waals surface area (Å²) in [6, 6.07) is 17.2. The molecular formula is C29H36FN3O4. The van der Waals surface area contributed by atoms with Crippen molar-refractivity contribution in [3.8, 4) is 5.75 Å². The van der Waals surface area contributed by atoms with Gasteiger partial charge in [-0.25, -0.2) is 4.39 Å². The van der Waals surface area contributed by atoms with Gasteiger partial charge in [0.15, 0.2) is 0 Å². The van der Waals surface area contributed by atoms with Crippen molar-refractivity contribution in [3.05, 3.63) is 89.5 Å². The molecule has 0 fully saturated rings. The molecular weight excluding hydrogens is 473 g/mol. The molecule has 0 saturated heterocycles. The van der Waals surface area contributed by atoms with Crippen LogP contribution in [0.3, 0.4) is 0 Å². The van der Waals surface area contributed by atoms with E-state index in [-0.39, 0.29) is 31.5 Å². The fraction of sp³-hybridized carbons (Fsp3) is 0.379. The van der Waals surface area contributed by atoms with Gasteiger partial charge in [0.25, 0.3) is 5.91 Å². The van der Waals surface area contributed by atoms with E-state index < -0.39 is 11.4 Å². The van der Waals surface area contributed by atoms with Gasteiger partial charge in [0.05, 0.1) is 20.3 Å². The lowest BCUT2D eigenvalue weighted by atomic mass is 10.0. The topological polar surface area (TPSA) is 64.0 Å². The predicted octanol–water partition coefficient (Wildman–Crippen LogP) is 4.60. The molecule has 3 aromatic rings. The van der Waals surface area contributed by atoms with Gasteiger partial charge in [0, 0.05) is 43.2 Å². The molecule has 0 aliphatic carbocycles. The smallest absolute Gasteiger partial charge is 0.254 e. The van der Waals surface area contributed by atoms with E-state index in [9.17, 15) is 14.0 Å². The Morgan fingerprint density at radius 3 is 2.38 bits per heavy atom. The molecule has 0 atom stereocenters. The van der Waals surface area contributed by atoms with Crippen molar-refractivity contribution in [2.45, 2.75) is 39.4 Å². The van der Waals surface area contributed by atoms with Crippen LogP contribution in [0.1, 0.15) is 42.4 Å². The largest absolute Gasteiger partial charge is 0.497 e. The highest BCUT2D eigenvalue weighted by Crippen LogP contribution is 2.21. The fourth-order valence-corrected chi connectivity index (χ4v) is 4.05. The Balaban J connectivity index is 1.80. The van der Waals surface area contributed by atoms with Gasteiger partial charge in [0.1, 0.15) is 18.1 Å². The molecule has 0 bridgehead atoms. The number of ether oxygens (including phenoxy) is 2. The summed E-state index contributed by atoms with van der Waals surface area (Å²) in [5.74, 6) is -0.166. The van der Waals surface area contributed by atoms with Gasteiger partial charge in [-0.05, 0) is 74.9 Å². The SMILES string of the molecule is COCCN(CC(=O)N(Cc1cccn1Cc1cccc(OC)c1)C(C)(C)C)C(=O)c1ccc(F)cc1. The highest BCUT2D eigenvalue weighted by molar-refractivity contribution is 5.96. The number of amides is 2. The Labute approximate surface area is 218 Å². The van der Waals surface area contributed by atoms with E-state index in [1.54, 1.807) is 19.1 Å². The molecule has 3 rings (SSSR count). The molecule has 0 spiro atoms.